The Morgan fingerprint density at radius 1 is 1.55 bits per heavy atom. The molecule has 2 heteroatoms. The van der Waals surface area contributed by atoms with Crippen LogP contribution in [0.1, 0.15) is 26.2 Å². The summed E-state index contributed by atoms with van der Waals surface area (Å²) >= 11 is 0. The van der Waals surface area contributed by atoms with Gasteiger partial charge in [-0.15, -0.1) is 0 Å². The van der Waals surface area contributed by atoms with E-state index in [0.717, 1.165) is 12.0 Å². The highest BCUT2D eigenvalue weighted by Crippen LogP contribution is 2.31. The average molecular weight is 154 g/mol. The lowest BCUT2D eigenvalue weighted by atomic mass is 10.2. The number of rotatable bonds is 2. The molecule has 1 aliphatic heterocycles. The maximum absolute atomic E-state index is 5.76. The summed E-state index contributed by atoms with van der Waals surface area (Å²) in [5.41, 5.74) is 5.76. The van der Waals surface area contributed by atoms with Gasteiger partial charge in [-0.1, -0.05) is 0 Å². The predicted molar refractivity (Wildman–Crippen MR) is 46.4 cm³/mol. The van der Waals surface area contributed by atoms with Gasteiger partial charge in [-0.05, 0) is 38.6 Å². The maximum atomic E-state index is 5.76. The SMILES string of the molecule is CC1CCCN1C[C@@H]1CC1N. The summed E-state index contributed by atoms with van der Waals surface area (Å²) < 4.78 is 0. The Kier molecular flexibility index (Phi) is 1.90. The van der Waals surface area contributed by atoms with Crippen LogP contribution in [0.4, 0.5) is 0 Å². The van der Waals surface area contributed by atoms with Crippen LogP contribution in [0.15, 0.2) is 0 Å². The summed E-state index contributed by atoms with van der Waals surface area (Å²) in [5.74, 6) is 0.829. The first-order valence-electron chi connectivity index (χ1n) is 4.77. The maximum Gasteiger partial charge on any atom is 0.00836 e. The number of hydrogen-bond donors (Lipinski definition) is 1. The molecule has 0 bridgehead atoms. The van der Waals surface area contributed by atoms with Crippen LogP contribution < -0.4 is 5.73 Å². The van der Waals surface area contributed by atoms with E-state index in [9.17, 15) is 0 Å². The minimum atomic E-state index is 0.530. The summed E-state index contributed by atoms with van der Waals surface area (Å²) in [6.07, 6.45) is 4.05. The van der Waals surface area contributed by atoms with Gasteiger partial charge in [-0.2, -0.15) is 0 Å². The molecule has 0 aromatic carbocycles. The molecule has 2 N–H and O–H groups in total. The van der Waals surface area contributed by atoms with Crippen LogP contribution in [0.3, 0.4) is 0 Å². The summed E-state index contributed by atoms with van der Waals surface area (Å²) in [6, 6.07) is 1.35. The minimum absolute atomic E-state index is 0.530. The van der Waals surface area contributed by atoms with E-state index in [1.165, 1.54) is 32.4 Å². The molecule has 2 unspecified atom stereocenters. The lowest BCUT2D eigenvalue weighted by Gasteiger charge is -2.20. The fraction of sp³-hybridized carbons (Fsp3) is 1.00. The summed E-state index contributed by atoms with van der Waals surface area (Å²) in [4.78, 5) is 2.59. The number of nitrogens with zero attached hydrogens (tertiary/aromatic N) is 1. The van der Waals surface area contributed by atoms with Crippen molar-refractivity contribution in [2.24, 2.45) is 11.7 Å². The van der Waals surface area contributed by atoms with Gasteiger partial charge in [0, 0.05) is 18.6 Å². The van der Waals surface area contributed by atoms with Gasteiger partial charge in [0.15, 0.2) is 0 Å². The van der Waals surface area contributed by atoms with Crippen LogP contribution in [0, 0.1) is 5.92 Å². The topological polar surface area (TPSA) is 29.3 Å². The minimum Gasteiger partial charge on any atom is -0.327 e. The van der Waals surface area contributed by atoms with Gasteiger partial charge in [0.2, 0.25) is 0 Å². The van der Waals surface area contributed by atoms with Crippen LogP contribution in [0.5, 0.6) is 0 Å². The van der Waals surface area contributed by atoms with Crippen molar-refractivity contribution >= 4 is 0 Å². The summed E-state index contributed by atoms with van der Waals surface area (Å²) in [7, 11) is 0. The second-order valence-corrected chi connectivity index (χ2v) is 4.15. The van der Waals surface area contributed by atoms with Crippen molar-refractivity contribution < 1.29 is 0 Å². The van der Waals surface area contributed by atoms with Crippen molar-refractivity contribution in [2.45, 2.75) is 38.3 Å². The van der Waals surface area contributed by atoms with E-state index in [1.807, 2.05) is 0 Å². The van der Waals surface area contributed by atoms with Gasteiger partial charge in [0.25, 0.3) is 0 Å². The second kappa shape index (κ2) is 2.76. The summed E-state index contributed by atoms with van der Waals surface area (Å²) in [6.45, 7) is 4.91. The predicted octanol–water partition coefficient (Wildman–Crippen LogP) is 0.818. The largest absolute Gasteiger partial charge is 0.327 e. The Balaban J connectivity index is 1.77. The first kappa shape index (κ1) is 7.56. The van der Waals surface area contributed by atoms with Crippen LogP contribution >= 0.6 is 0 Å². The van der Waals surface area contributed by atoms with Gasteiger partial charge in [0.1, 0.15) is 0 Å². The van der Waals surface area contributed by atoms with E-state index in [1.54, 1.807) is 0 Å². The highest BCUT2D eigenvalue weighted by Gasteiger charge is 2.36. The van der Waals surface area contributed by atoms with Crippen molar-refractivity contribution in [2.75, 3.05) is 13.1 Å². The van der Waals surface area contributed by atoms with E-state index >= 15 is 0 Å². The zero-order valence-electron chi connectivity index (χ0n) is 7.29. The molecule has 0 spiro atoms. The normalized spacial score (nSPS) is 44.7. The Hall–Kier alpha value is -0.0800. The van der Waals surface area contributed by atoms with Gasteiger partial charge < -0.3 is 10.6 Å². The van der Waals surface area contributed by atoms with E-state index in [-0.39, 0.29) is 0 Å². The number of likely N-dealkylation sites (tertiary alicyclic amines) is 1. The van der Waals surface area contributed by atoms with E-state index < -0.39 is 0 Å². The van der Waals surface area contributed by atoms with Crippen LogP contribution in [-0.4, -0.2) is 30.1 Å². The van der Waals surface area contributed by atoms with Crippen molar-refractivity contribution in [3.8, 4) is 0 Å². The Bertz CT molecular complexity index is 146. The molecular weight excluding hydrogens is 136 g/mol. The van der Waals surface area contributed by atoms with Crippen LogP contribution in [0.25, 0.3) is 0 Å². The fourth-order valence-electron chi connectivity index (χ4n) is 2.05. The quantitative estimate of drug-likeness (QED) is 0.638. The van der Waals surface area contributed by atoms with Crippen LogP contribution in [-0.2, 0) is 0 Å². The molecule has 2 fully saturated rings. The first-order valence-corrected chi connectivity index (χ1v) is 4.77. The smallest absolute Gasteiger partial charge is 0.00836 e. The number of nitrogens with two attached hydrogens (primary N) is 1. The third-order valence-corrected chi connectivity index (χ3v) is 3.14. The van der Waals surface area contributed by atoms with Gasteiger partial charge in [-0.25, -0.2) is 0 Å². The molecule has 2 nitrogen and oxygen atoms in total. The van der Waals surface area contributed by atoms with E-state index in [4.69, 9.17) is 5.73 Å². The van der Waals surface area contributed by atoms with E-state index in [2.05, 4.69) is 11.8 Å². The Morgan fingerprint density at radius 3 is 2.73 bits per heavy atom. The Labute approximate surface area is 68.7 Å². The lowest BCUT2D eigenvalue weighted by Crippen LogP contribution is -2.30. The molecule has 0 aromatic heterocycles. The van der Waals surface area contributed by atoms with Gasteiger partial charge in [-0.3, -0.25) is 0 Å². The highest BCUT2D eigenvalue weighted by molar-refractivity contribution is 4.93. The molecule has 1 aliphatic carbocycles. The zero-order chi connectivity index (χ0) is 7.84. The third-order valence-electron chi connectivity index (χ3n) is 3.14. The Morgan fingerprint density at radius 2 is 2.27 bits per heavy atom. The molecule has 0 radical (unpaired) electrons. The molecular formula is C9H18N2. The molecule has 3 atom stereocenters. The fourth-order valence-corrected chi connectivity index (χ4v) is 2.05. The molecule has 11 heavy (non-hydrogen) atoms. The van der Waals surface area contributed by atoms with Crippen LogP contribution in [0.2, 0.25) is 0 Å². The average Bonchev–Trinajstić information content (AvgIpc) is 2.48. The molecule has 2 aliphatic rings. The molecule has 1 saturated carbocycles. The number of hydrogen-bond acceptors (Lipinski definition) is 2. The standard InChI is InChI=1S/C9H18N2/c1-7-3-2-4-11(7)6-8-5-9(8)10/h7-9H,2-6,10H2,1H3/t7?,8-,9?/m0/s1. The molecule has 1 heterocycles. The molecule has 64 valence electrons. The monoisotopic (exact) mass is 154 g/mol. The van der Waals surface area contributed by atoms with Crippen molar-refractivity contribution in [3.05, 3.63) is 0 Å². The third kappa shape index (κ3) is 1.57. The molecule has 1 saturated heterocycles. The van der Waals surface area contributed by atoms with Gasteiger partial charge >= 0.3 is 0 Å². The molecule has 0 aromatic rings. The van der Waals surface area contributed by atoms with Gasteiger partial charge in [0.05, 0.1) is 0 Å². The lowest BCUT2D eigenvalue weighted by molar-refractivity contribution is 0.256. The zero-order valence-corrected chi connectivity index (χ0v) is 7.29. The summed E-state index contributed by atoms with van der Waals surface area (Å²) in [5, 5.41) is 0. The molecule has 2 rings (SSSR count). The van der Waals surface area contributed by atoms with Crippen molar-refractivity contribution in [1.29, 1.82) is 0 Å². The van der Waals surface area contributed by atoms with Crippen molar-refractivity contribution in [1.82, 2.24) is 4.90 Å². The molecule has 0 amide bonds. The first-order chi connectivity index (χ1) is 5.27. The highest BCUT2D eigenvalue weighted by atomic mass is 15.2. The van der Waals surface area contributed by atoms with E-state index in [0.29, 0.717) is 6.04 Å². The second-order valence-electron chi connectivity index (χ2n) is 4.15. The van der Waals surface area contributed by atoms with Crippen molar-refractivity contribution in [3.63, 3.8) is 0 Å².